The number of rotatable bonds is 4. The Hall–Kier alpha value is -0.0800. The predicted molar refractivity (Wildman–Crippen MR) is 62.5 cm³/mol. The van der Waals surface area contributed by atoms with Gasteiger partial charge in [-0.2, -0.15) is 0 Å². The summed E-state index contributed by atoms with van der Waals surface area (Å²) in [5.41, 5.74) is 0. The molecule has 0 saturated carbocycles. The second kappa shape index (κ2) is 5.72. The van der Waals surface area contributed by atoms with E-state index in [-0.39, 0.29) is 0 Å². The van der Waals surface area contributed by atoms with E-state index in [1.807, 2.05) is 0 Å². The fraction of sp³-hybridized carbons (Fsp3) is 1.00. The highest BCUT2D eigenvalue weighted by molar-refractivity contribution is 4.85. The van der Waals surface area contributed by atoms with Crippen molar-refractivity contribution in [1.82, 2.24) is 10.6 Å². The molecule has 2 nitrogen and oxygen atoms in total. The maximum Gasteiger partial charge on any atom is 0.0218 e. The molecule has 3 unspecified atom stereocenters. The van der Waals surface area contributed by atoms with Crippen molar-refractivity contribution < 1.29 is 0 Å². The molecule has 0 amide bonds. The van der Waals surface area contributed by atoms with Gasteiger partial charge in [-0.05, 0) is 18.3 Å². The number of hydrogen-bond donors (Lipinski definition) is 2. The summed E-state index contributed by atoms with van der Waals surface area (Å²) in [7, 11) is 0. The lowest BCUT2D eigenvalue weighted by molar-refractivity contribution is 0.260. The molecule has 0 spiro atoms. The minimum atomic E-state index is 0.684. The average molecular weight is 198 g/mol. The van der Waals surface area contributed by atoms with Crippen LogP contribution in [0.4, 0.5) is 0 Å². The van der Waals surface area contributed by atoms with Crippen molar-refractivity contribution in [3.8, 4) is 0 Å². The molecule has 1 fully saturated rings. The molecule has 2 N–H and O–H groups in total. The first-order valence-corrected chi connectivity index (χ1v) is 6.10. The largest absolute Gasteiger partial charge is 0.311 e. The van der Waals surface area contributed by atoms with E-state index in [2.05, 4.69) is 38.3 Å². The van der Waals surface area contributed by atoms with Crippen LogP contribution in [0.3, 0.4) is 0 Å². The topological polar surface area (TPSA) is 24.1 Å². The molecule has 0 aromatic carbocycles. The van der Waals surface area contributed by atoms with Gasteiger partial charge in [0, 0.05) is 25.2 Å². The molecule has 0 aromatic heterocycles. The van der Waals surface area contributed by atoms with E-state index >= 15 is 0 Å². The van der Waals surface area contributed by atoms with E-state index in [1.165, 1.54) is 12.8 Å². The lowest BCUT2D eigenvalue weighted by atomic mass is 9.94. The quantitative estimate of drug-likeness (QED) is 0.722. The van der Waals surface area contributed by atoms with Gasteiger partial charge >= 0.3 is 0 Å². The highest BCUT2D eigenvalue weighted by atomic mass is 15.1. The van der Waals surface area contributed by atoms with Crippen LogP contribution >= 0.6 is 0 Å². The van der Waals surface area contributed by atoms with Crippen molar-refractivity contribution in [3.63, 3.8) is 0 Å². The summed E-state index contributed by atoms with van der Waals surface area (Å²) >= 11 is 0. The Labute approximate surface area is 88.8 Å². The van der Waals surface area contributed by atoms with E-state index in [9.17, 15) is 0 Å². The standard InChI is InChI=1S/C12H26N2/c1-5-10(4)12-8-13-11(7-14-12)6-9(2)3/h9-14H,5-8H2,1-4H3. The van der Waals surface area contributed by atoms with Crippen molar-refractivity contribution in [3.05, 3.63) is 0 Å². The first-order chi connectivity index (χ1) is 6.63. The summed E-state index contributed by atoms with van der Waals surface area (Å²) in [4.78, 5) is 0. The van der Waals surface area contributed by atoms with Crippen LogP contribution in [0.15, 0.2) is 0 Å². The van der Waals surface area contributed by atoms with Crippen molar-refractivity contribution in [1.29, 1.82) is 0 Å². The molecule has 2 heteroatoms. The van der Waals surface area contributed by atoms with Crippen molar-refractivity contribution >= 4 is 0 Å². The highest BCUT2D eigenvalue weighted by Crippen LogP contribution is 2.12. The first kappa shape index (κ1) is 12.0. The summed E-state index contributed by atoms with van der Waals surface area (Å²) in [5, 5.41) is 7.32. The van der Waals surface area contributed by atoms with Crippen LogP contribution in [0.5, 0.6) is 0 Å². The van der Waals surface area contributed by atoms with Gasteiger partial charge in [0.2, 0.25) is 0 Å². The van der Waals surface area contributed by atoms with Gasteiger partial charge in [0.05, 0.1) is 0 Å². The molecule has 1 rings (SSSR count). The molecule has 1 aliphatic rings. The summed E-state index contributed by atoms with van der Waals surface area (Å²) in [6.45, 7) is 11.5. The summed E-state index contributed by atoms with van der Waals surface area (Å²) in [5.74, 6) is 1.59. The third kappa shape index (κ3) is 3.58. The Bertz CT molecular complexity index is 148. The molecule has 1 heterocycles. The van der Waals surface area contributed by atoms with Crippen LogP contribution in [0, 0.1) is 11.8 Å². The zero-order chi connectivity index (χ0) is 10.6. The normalized spacial score (nSPS) is 30.6. The maximum absolute atomic E-state index is 3.66. The van der Waals surface area contributed by atoms with E-state index in [1.54, 1.807) is 0 Å². The summed E-state index contributed by atoms with van der Waals surface area (Å²) in [6, 6.07) is 1.37. The summed E-state index contributed by atoms with van der Waals surface area (Å²) < 4.78 is 0. The molecular weight excluding hydrogens is 172 g/mol. The van der Waals surface area contributed by atoms with Gasteiger partial charge in [0.25, 0.3) is 0 Å². The Morgan fingerprint density at radius 1 is 1.14 bits per heavy atom. The third-order valence-corrected chi connectivity index (χ3v) is 3.34. The maximum atomic E-state index is 3.66. The molecule has 1 aliphatic heterocycles. The minimum Gasteiger partial charge on any atom is -0.311 e. The predicted octanol–water partition coefficient (Wildman–Crippen LogP) is 2.01. The molecule has 0 aromatic rings. The molecular formula is C12H26N2. The second-order valence-corrected chi connectivity index (χ2v) is 5.13. The fourth-order valence-corrected chi connectivity index (χ4v) is 2.15. The fourth-order valence-electron chi connectivity index (χ4n) is 2.15. The van der Waals surface area contributed by atoms with Crippen LogP contribution in [0.25, 0.3) is 0 Å². The van der Waals surface area contributed by atoms with Crippen LogP contribution in [0.2, 0.25) is 0 Å². The molecule has 3 atom stereocenters. The number of hydrogen-bond acceptors (Lipinski definition) is 2. The van der Waals surface area contributed by atoms with E-state index in [0.29, 0.717) is 12.1 Å². The van der Waals surface area contributed by atoms with E-state index in [4.69, 9.17) is 0 Å². The third-order valence-electron chi connectivity index (χ3n) is 3.34. The van der Waals surface area contributed by atoms with Crippen molar-refractivity contribution in [2.24, 2.45) is 11.8 Å². The van der Waals surface area contributed by atoms with Gasteiger partial charge in [0.1, 0.15) is 0 Å². The lowest BCUT2D eigenvalue weighted by Crippen LogP contribution is -2.56. The lowest BCUT2D eigenvalue weighted by Gasteiger charge is -2.35. The summed E-state index contributed by atoms with van der Waals surface area (Å²) in [6.07, 6.45) is 2.56. The van der Waals surface area contributed by atoms with Gasteiger partial charge in [0.15, 0.2) is 0 Å². The molecule has 0 radical (unpaired) electrons. The molecule has 84 valence electrons. The number of nitrogens with one attached hydrogen (secondary N) is 2. The van der Waals surface area contributed by atoms with Gasteiger partial charge in [-0.25, -0.2) is 0 Å². The molecule has 0 bridgehead atoms. The smallest absolute Gasteiger partial charge is 0.0218 e. The minimum absolute atomic E-state index is 0.684. The Balaban J connectivity index is 2.24. The molecule has 14 heavy (non-hydrogen) atoms. The van der Waals surface area contributed by atoms with E-state index in [0.717, 1.165) is 24.9 Å². The van der Waals surface area contributed by atoms with Gasteiger partial charge in [-0.15, -0.1) is 0 Å². The van der Waals surface area contributed by atoms with E-state index < -0.39 is 0 Å². The monoisotopic (exact) mass is 198 g/mol. The average Bonchev–Trinajstić information content (AvgIpc) is 2.17. The first-order valence-electron chi connectivity index (χ1n) is 6.10. The molecule has 1 saturated heterocycles. The van der Waals surface area contributed by atoms with Gasteiger partial charge < -0.3 is 10.6 Å². The van der Waals surface area contributed by atoms with Gasteiger partial charge in [-0.1, -0.05) is 34.1 Å². The van der Waals surface area contributed by atoms with Crippen LogP contribution < -0.4 is 10.6 Å². The number of piperazine rings is 1. The Morgan fingerprint density at radius 2 is 1.86 bits per heavy atom. The highest BCUT2D eigenvalue weighted by Gasteiger charge is 2.23. The zero-order valence-electron chi connectivity index (χ0n) is 10.1. The second-order valence-electron chi connectivity index (χ2n) is 5.13. The molecule has 0 aliphatic carbocycles. The Kier molecular flexibility index (Phi) is 4.90. The van der Waals surface area contributed by atoms with Crippen molar-refractivity contribution in [2.45, 2.75) is 52.6 Å². The van der Waals surface area contributed by atoms with Crippen molar-refractivity contribution in [2.75, 3.05) is 13.1 Å². The van der Waals surface area contributed by atoms with Crippen LogP contribution in [-0.4, -0.2) is 25.2 Å². The van der Waals surface area contributed by atoms with Gasteiger partial charge in [-0.3, -0.25) is 0 Å². The van der Waals surface area contributed by atoms with Crippen LogP contribution in [0.1, 0.15) is 40.5 Å². The SMILES string of the molecule is CCC(C)C1CNC(CC(C)C)CN1. The van der Waals surface area contributed by atoms with Crippen LogP contribution in [-0.2, 0) is 0 Å². The Morgan fingerprint density at radius 3 is 2.29 bits per heavy atom. The zero-order valence-corrected chi connectivity index (χ0v) is 10.1.